The first-order valence-corrected chi connectivity index (χ1v) is 17.2. The van der Waals surface area contributed by atoms with E-state index in [-0.39, 0.29) is 0 Å². The van der Waals surface area contributed by atoms with Gasteiger partial charge < -0.3 is 15.0 Å². The highest BCUT2D eigenvalue weighted by atomic mass is 14.9. The van der Waals surface area contributed by atoms with Gasteiger partial charge in [-0.2, -0.15) is 0 Å². The third kappa shape index (κ3) is 3.87. The highest BCUT2D eigenvalue weighted by Gasteiger charge is 2.16. The van der Waals surface area contributed by atoms with Crippen LogP contribution in [0.15, 0.2) is 116 Å². The maximum absolute atomic E-state index is 5.06. The number of hydrogen-bond donors (Lipinski definition) is 3. The molecule has 0 aliphatic heterocycles. The number of fused-ring (bicyclic) bond motifs is 12. The molecular formula is C43H25N9. The van der Waals surface area contributed by atoms with Crippen LogP contribution in [-0.2, 0) is 0 Å². The van der Waals surface area contributed by atoms with Crippen molar-refractivity contribution < 1.29 is 0 Å². The summed E-state index contributed by atoms with van der Waals surface area (Å²) in [5.41, 5.74) is 15.3. The van der Waals surface area contributed by atoms with Gasteiger partial charge >= 0.3 is 0 Å². The van der Waals surface area contributed by atoms with Crippen molar-refractivity contribution in [3.05, 3.63) is 121 Å². The summed E-state index contributed by atoms with van der Waals surface area (Å²) >= 11 is 0. The average Bonchev–Trinajstić information content (AvgIpc) is 3.85. The lowest BCUT2D eigenvalue weighted by Crippen LogP contribution is -1.91. The van der Waals surface area contributed by atoms with Crippen LogP contribution in [0.3, 0.4) is 0 Å². The van der Waals surface area contributed by atoms with Crippen LogP contribution < -0.4 is 0 Å². The second-order valence-corrected chi connectivity index (χ2v) is 13.6. The Kier molecular flexibility index (Phi) is 5.26. The Balaban J connectivity index is 0.930. The molecule has 0 aliphatic rings. The summed E-state index contributed by atoms with van der Waals surface area (Å²) in [7, 11) is 0. The molecule has 3 aromatic carbocycles. The SMILES string of the molecule is Cc1c2ncc(-c3ccc4c(c3)[nH]c3nc5cc(-c6ccc7c(c6)[nH]c6nc8cnccc8cc67)cnc5cc34)cc2nc2[nH]c3ccccc3c12. The van der Waals surface area contributed by atoms with Gasteiger partial charge in [0.1, 0.15) is 16.9 Å². The largest absolute Gasteiger partial charge is 0.339 e. The van der Waals surface area contributed by atoms with Crippen molar-refractivity contribution in [3.8, 4) is 22.3 Å². The average molecular weight is 668 g/mol. The van der Waals surface area contributed by atoms with Gasteiger partial charge in [0.2, 0.25) is 0 Å². The van der Waals surface area contributed by atoms with E-state index >= 15 is 0 Å². The number of H-pyrrole nitrogens is 3. The molecule has 52 heavy (non-hydrogen) atoms. The second kappa shape index (κ2) is 9.92. The molecule has 9 heteroatoms. The standard InChI is InChI=1S/C43H25N9/c1-21-39-29-4-2-3-5-32(29)47-43(39)51-37-16-26(19-46-40(21)37)23-7-9-28-31-17-35-36(50-42(31)49-34(28)14-23)15-25(18-45-35)22-6-8-27-30-12-24-10-11-44-20-38(24)52-41(30)48-33(27)13-22/h2-20H,1H3,(H,47,51)(H,48,52)(H,49,50). The minimum absolute atomic E-state index is 0.826. The van der Waals surface area contributed by atoms with E-state index in [1.54, 1.807) is 12.4 Å². The van der Waals surface area contributed by atoms with Crippen LogP contribution in [0.25, 0.3) is 121 Å². The predicted molar refractivity (Wildman–Crippen MR) is 209 cm³/mol. The van der Waals surface area contributed by atoms with Crippen molar-refractivity contribution in [2.24, 2.45) is 0 Å². The van der Waals surface area contributed by atoms with E-state index in [9.17, 15) is 0 Å². The fraction of sp³-hybridized carbons (Fsp3) is 0.0233. The molecule has 12 aromatic rings. The first-order chi connectivity index (χ1) is 25.6. The van der Waals surface area contributed by atoms with Gasteiger partial charge in [0.05, 0.1) is 33.8 Å². The summed E-state index contributed by atoms with van der Waals surface area (Å²) in [6.45, 7) is 2.13. The minimum atomic E-state index is 0.826. The molecule has 3 N–H and O–H groups in total. The lowest BCUT2D eigenvalue weighted by molar-refractivity contribution is 1.32. The molecule has 9 nitrogen and oxygen atoms in total. The van der Waals surface area contributed by atoms with Crippen LogP contribution in [0.5, 0.6) is 0 Å². The molecule has 0 saturated carbocycles. The van der Waals surface area contributed by atoms with Crippen molar-refractivity contribution in [2.75, 3.05) is 0 Å². The monoisotopic (exact) mass is 667 g/mol. The Labute approximate surface area is 293 Å². The summed E-state index contributed by atoms with van der Waals surface area (Å²) in [6.07, 6.45) is 7.47. The smallest absolute Gasteiger partial charge is 0.139 e. The van der Waals surface area contributed by atoms with Crippen molar-refractivity contribution in [1.29, 1.82) is 0 Å². The first kappa shape index (κ1) is 27.5. The Hall–Kier alpha value is -7.26. The van der Waals surface area contributed by atoms with E-state index in [1.165, 1.54) is 5.39 Å². The molecule has 0 bridgehead atoms. The van der Waals surface area contributed by atoms with Crippen molar-refractivity contribution in [2.45, 2.75) is 6.92 Å². The lowest BCUT2D eigenvalue weighted by Gasteiger charge is -2.07. The van der Waals surface area contributed by atoms with Gasteiger partial charge in [-0.3, -0.25) is 15.0 Å². The maximum atomic E-state index is 5.06. The zero-order chi connectivity index (χ0) is 34.1. The highest BCUT2D eigenvalue weighted by Crippen LogP contribution is 2.36. The molecule has 0 amide bonds. The molecule has 0 spiro atoms. The van der Waals surface area contributed by atoms with Gasteiger partial charge in [0.25, 0.3) is 0 Å². The normalized spacial score (nSPS) is 12.3. The van der Waals surface area contributed by atoms with Crippen LogP contribution in [0, 0.1) is 6.92 Å². The fourth-order valence-corrected chi connectivity index (χ4v) is 8.02. The second-order valence-electron chi connectivity index (χ2n) is 13.6. The molecule has 0 unspecified atom stereocenters. The lowest BCUT2D eigenvalue weighted by atomic mass is 10.0. The van der Waals surface area contributed by atoms with Gasteiger partial charge in [0.15, 0.2) is 0 Å². The quantitative estimate of drug-likeness (QED) is 0.169. The number of benzene rings is 3. The number of para-hydroxylation sites is 1. The number of hydrogen-bond acceptors (Lipinski definition) is 6. The van der Waals surface area contributed by atoms with Crippen LogP contribution in [0.1, 0.15) is 5.56 Å². The molecule has 12 rings (SSSR count). The topological polar surface area (TPSA) is 125 Å². The fourth-order valence-electron chi connectivity index (χ4n) is 8.02. The Bertz CT molecular complexity index is 3500. The zero-order valence-corrected chi connectivity index (χ0v) is 27.7. The van der Waals surface area contributed by atoms with Crippen molar-refractivity contribution in [3.63, 3.8) is 0 Å². The summed E-state index contributed by atoms with van der Waals surface area (Å²) in [4.78, 5) is 39.5. The molecular weight excluding hydrogens is 643 g/mol. The summed E-state index contributed by atoms with van der Waals surface area (Å²) in [5.74, 6) is 0. The number of nitrogens with one attached hydrogen (secondary N) is 3. The van der Waals surface area contributed by atoms with Gasteiger partial charge in [-0.15, -0.1) is 0 Å². The molecule has 0 saturated heterocycles. The Morgan fingerprint density at radius 3 is 1.94 bits per heavy atom. The van der Waals surface area contributed by atoms with Gasteiger partial charge in [-0.1, -0.05) is 42.5 Å². The number of aromatic amines is 3. The third-order valence-corrected chi connectivity index (χ3v) is 10.6. The van der Waals surface area contributed by atoms with Crippen LogP contribution in [0.2, 0.25) is 0 Å². The van der Waals surface area contributed by atoms with Crippen LogP contribution in [0.4, 0.5) is 0 Å². The zero-order valence-electron chi connectivity index (χ0n) is 27.7. The third-order valence-electron chi connectivity index (χ3n) is 10.6. The minimum Gasteiger partial charge on any atom is -0.339 e. The van der Waals surface area contributed by atoms with E-state index in [2.05, 4.69) is 106 Å². The van der Waals surface area contributed by atoms with Gasteiger partial charge in [-0.25, -0.2) is 15.0 Å². The molecule has 0 radical (unpaired) electrons. The number of rotatable bonds is 2. The molecule has 242 valence electrons. The Morgan fingerprint density at radius 2 is 1.13 bits per heavy atom. The molecule has 9 heterocycles. The molecule has 9 aromatic heterocycles. The van der Waals surface area contributed by atoms with Gasteiger partial charge in [-0.05, 0) is 72.1 Å². The molecule has 0 fully saturated rings. The van der Waals surface area contributed by atoms with E-state index in [4.69, 9.17) is 24.9 Å². The summed E-state index contributed by atoms with van der Waals surface area (Å²) in [5, 5.41) is 7.74. The van der Waals surface area contributed by atoms with E-state index in [0.717, 1.165) is 121 Å². The summed E-state index contributed by atoms with van der Waals surface area (Å²) < 4.78 is 0. The molecule has 0 aliphatic carbocycles. The van der Waals surface area contributed by atoms with E-state index in [1.807, 2.05) is 24.5 Å². The summed E-state index contributed by atoms with van der Waals surface area (Å²) in [6, 6.07) is 31.8. The maximum Gasteiger partial charge on any atom is 0.139 e. The Morgan fingerprint density at radius 1 is 0.462 bits per heavy atom. The molecule has 0 atom stereocenters. The van der Waals surface area contributed by atoms with Gasteiger partial charge in [0, 0.05) is 84.0 Å². The number of aromatic nitrogens is 9. The number of pyridine rings is 6. The van der Waals surface area contributed by atoms with E-state index < -0.39 is 0 Å². The number of nitrogens with zero attached hydrogens (tertiary/aromatic N) is 6. The predicted octanol–water partition coefficient (Wildman–Crippen LogP) is 10.1. The van der Waals surface area contributed by atoms with Crippen LogP contribution in [-0.4, -0.2) is 44.9 Å². The highest BCUT2D eigenvalue weighted by molar-refractivity contribution is 6.13. The van der Waals surface area contributed by atoms with Crippen LogP contribution >= 0.6 is 0 Å². The van der Waals surface area contributed by atoms with Crippen molar-refractivity contribution >= 4 is 98.8 Å². The first-order valence-electron chi connectivity index (χ1n) is 17.2. The van der Waals surface area contributed by atoms with E-state index in [0.29, 0.717) is 0 Å². The number of aryl methyl sites for hydroxylation is 1. The van der Waals surface area contributed by atoms with Crippen molar-refractivity contribution in [1.82, 2.24) is 44.9 Å².